The topological polar surface area (TPSA) is 64.3 Å². The lowest BCUT2D eigenvalue weighted by Gasteiger charge is -2.22. The van der Waals surface area contributed by atoms with Gasteiger partial charge in [-0.05, 0) is 30.2 Å². The fourth-order valence-electron chi connectivity index (χ4n) is 2.57. The molecule has 7 heteroatoms. The smallest absolute Gasteiger partial charge is 0.411 e. The van der Waals surface area contributed by atoms with Crippen molar-refractivity contribution < 1.29 is 9.53 Å². The zero-order valence-corrected chi connectivity index (χ0v) is 15.9. The largest absolute Gasteiger partial charge is 0.445 e. The van der Waals surface area contributed by atoms with E-state index in [0.29, 0.717) is 5.69 Å². The van der Waals surface area contributed by atoms with Gasteiger partial charge in [0, 0.05) is 17.6 Å². The SMILES string of the molecule is CC(N)C(c1ccccc1)c1cccc(NC(=O)OCC(Cl)(Cl)Cl)c1. The number of amides is 1. The second-order valence-corrected chi connectivity index (χ2v) is 8.21. The van der Waals surface area contributed by atoms with Crippen LogP contribution >= 0.6 is 34.8 Å². The first kappa shape index (κ1) is 19.9. The fraction of sp³-hybridized carbons (Fsp3) is 0.278. The van der Waals surface area contributed by atoms with Gasteiger partial charge in [-0.1, -0.05) is 77.3 Å². The minimum Gasteiger partial charge on any atom is -0.445 e. The molecular formula is C18H19Cl3N2O2. The average molecular weight is 402 g/mol. The number of ether oxygens (including phenoxy) is 1. The first-order valence-corrected chi connectivity index (χ1v) is 8.80. The Bertz CT molecular complexity index is 703. The van der Waals surface area contributed by atoms with Crippen LogP contribution in [-0.4, -0.2) is 22.5 Å². The summed E-state index contributed by atoms with van der Waals surface area (Å²) in [5, 5.41) is 2.62. The summed E-state index contributed by atoms with van der Waals surface area (Å²) in [6.07, 6.45) is -0.694. The first-order valence-electron chi connectivity index (χ1n) is 7.67. The molecule has 2 unspecified atom stereocenters. The average Bonchev–Trinajstić information content (AvgIpc) is 2.54. The van der Waals surface area contributed by atoms with Crippen LogP contribution in [-0.2, 0) is 4.74 Å². The van der Waals surface area contributed by atoms with Gasteiger partial charge in [0.2, 0.25) is 3.79 Å². The van der Waals surface area contributed by atoms with E-state index < -0.39 is 9.89 Å². The van der Waals surface area contributed by atoms with Crippen molar-refractivity contribution in [2.75, 3.05) is 11.9 Å². The van der Waals surface area contributed by atoms with Gasteiger partial charge in [-0.3, -0.25) is 5.32 Å². The van der Waals surface area contributed by atoms with E-state index in [4.69, 9.17) is 45.3 Å². The molecule has 0 fully saturated rings. The van der Waals surface area contributed by atoms with Crippen molar-refractivity contribution in [3.8, 4) is 0 Å². The quantitative estimate of drug-likeness (QED) is 0.686. The van der Waals surface area contributed by atoms with Crippen LogP contribution in [0.15, 0.2) is 54.6 Å². The number of nitrogens with two attached hydrogens (primary N) is 1. The van der Waals surface area contributed by atoms with Crippen LogP contribution in [0.5, 0.6) is 0 Å². The number of rotatable bonds is 5. The van der Waals surface area contributed by atoms with Gasteiger partial charge < -0.3 is 10.5 Å². The Morgan fingerprint density at radius 2 is 1.76 bits per heavy atom. The molecular weight excluding hydrogens is 383 g/mol. The van der Waals surface area contributed by atoms with Crippen molar-refractivity contribution >= 4 is 46.6 Å². The molecule has 2 aromatic carbocycles. The Morgan fingerprint density at radius 3 is 2.36 bits per heavy atom. The molecule has 3 N–H and O–H groups in total. The number of anilines is 1. The van der Waals surface area contributed by atoms with Crippen molar-refractivity contribution in [1.29, 1.82) is 0 Å². The number of hydrogen-bond acceptors (Lipinski definition) is 3. The van der Waals surface area contributed by atoms with Crippen LogP contribution < -0.4 is 11.1 Å². The van der Waals surface area contributed by atoms with Gasteiger partial charge in [0.1, 0.15) is 6.61 Å². The van der Waals surface area contributed by atoms with E-state index in [1.54, 1.807) is 6.07 Å². The lowest BCUT2D eigenvalue weighted by atomic mass is 9.86. The van der Waals surface area contributed by atoms with Crippen LogP contribution in [0, 0.1) is 0 Å². The summed E-state index contributed by atoms with van der Waals surface area (Å²) in [6.45, 7) is 1.61. The molecule has 0 aliphatic rings. The van der Waals surface area contributed by atoms with Crippen LogP contribution in [0.25, 0.3) is 0 Å². The van der Waals surface area contributed by atoms with E-state index in [1.165, 1.54) is 0 Å². The molecule has 4 nitrogen and oxygen atoms in total. The van der Waals surface area contributed by atoms with Crippen molar-refractivity contribution in [1.82, 2.24) is 0 Å². The summed E-state index contributed by atoms with van der Waals surface area (Å²) < 4.78 is 3.23. The Hall–Kier alpha value is -1.46. The van der Waals surface area contributed by atoms with E-state index in [0.717, 1.165) is 11.1 Å². The number of benzene rings is 2. The summed E-state index contributed by atoms with van der Waals surface area (Å²) in [5.41, 5.74) is 8.86. The molecule has 0 aliphatic heterocycles. The standard InChI is InChI=1S/C18H19Cl3N2O2/c1-12(22)16(13-6-3-2-4-7-13)14-8-5-9-15(10-14)23-17(24)25-11-18(19,20)21/h2-10,12,16H,11,22H2,1H3,(H,23,24). The number of halogens is 3. The Labute approximate surface area is 162 Å². The van der Waals surface area contributed by atoms with Crippen molar-refractivity contribution in [2.24, 2.45) is 5.73 Å². The van der Waals surface area contributed by atoms with Gasteiger partial charge in [-0.15, -0.1) is 0 Å². The molecule has 2 rings (SSSR count). The second kappa shape index (κ2) is 8.77. The van der Waals surface area contributed by atoms with Gasteiger partial charge in [0.25, 0.3) is 0 Å². The third kappa shape index (κ3) is 6.40. The van der Waals surface area contributed by atoms with Crippen molar-refractivity contribution in [3.05, 3.63) is 65.7 Å². The van der Waals surface area contributed by atoms with Crippen molar-refractivity contribution in [3.63, 3.8) is 0 Å². The van der Waals surface area contributed by atoms with E-state index in [-0.39, 0.29) is 18.6 Å². The van der Waals surface area contributed by atoms with E-state index in [2.05, 4.69) is 5.32 Å². The normalized spacial score (nSPS) is 13.8. The third-order valence-corrected chi connectivity index (χ3v) is 3.87. The zero-order valence-electron chi connectivity index (χ0n) is 13.6. The van der Waals surface area contributed by atoms with Gasteiger partial charge in [-0.25, -0.2) is 4.79 Å². The number of nitrogens with one attached hydrogen (secondary N) is 1. The third-order valence-electron chi connectivity index (χ3n) is 3.54. The number of hydrogen-bond donors (Lipinski definition) is 2. The monoisotopic (exact) mass is 400 g/mol. The van der Waals surface area contributed by atoms with Gasteiger partial charge in [-0.2, -0.15) is 0 Å². The highest BCUT2D eigenvalue weighted by molar-refractivity contribution is 6.67. The summed E-state index contributed by atoms with van der Waals surface area (Å²) in [4.78, 5) is 11.8. The van der Waals surface area contributed by atoms with Gasteiger partial charge in [0.15, 0.2) is 0 Å². The van der Waals surface area contributed by atoms with Gasteiger partial charge >= 0.3 is 6.09 Å². The molecule has 0 heterocycles. The predicted molar refractivity (Wildman–Crippen MR) is 104 cm³/mol. The molecule has 0 spiro atoms. The molecule has 2 aromatic rings. The zero-order chi connectivity index (χ0) is 18.4. The van der Waals surface area contributed by atoms with Crippen LogP contribution in [0.1, 0.15) is 24.0 Å². The molecule has 134 valence electrons. The molecule has 1 amide bonds. The maximum atomic E-state index is 11.8. The van der Waals surface area contributed by atoms with E-state index in [9.17, 15) is 4.79 Å². The Balaban J connectivity index is 2.15. The molecule has 0 aromatic heterocycles. The summed E-state index contributed by atoms with van der Waals surface area (Å²) in [5.74, 6) is 0.000135. The Morgan fingerprint density at radius 1 is 1.12 bits per heavy atom. The molecule has 0 radical (unpaired) electrons. The lowest BCUT2D eigenvalue weighted by Crippen LogP contribution is -2.26. The van der Waals surface area contributed by atoms with E-state index >= 15 is 0 Å². The lowest BCUT2D eigenvalue weighted by molar-refractivity contribution is 0.164. The summed E-state index contributed by atoms with van der Waals surface area (Å²) >= 11 is 16.7. The number of alkyl halides is 3. The van der Waals surface area contributed by atoms with Crippen LogP contribution in [0.3, 0.4) is 0 Å². The highest BCUT2D eigenvalue weighted by atomic mass is 35.6. The minimum absolute atomic E-state index is 0.000135. The predicted octanol–water partition coefficient (Wildman–Crippen LogP) is 5.08. The Kier molecular flexibility index (Phi) is 6.96. The molecule has 25 heavy (non-hydrogen) atoms. The first-order chi connectivity index (χ1) is 11.8. The molecule has 0 bridgehead atoms. The fourth-order valence-corrected chi connectivity index (χ4v) is 2.73. The maximum absolute atomic E-state index is 11.8. The summed E-state index contributed by atoms with van der Waals surface area (Å²) in [6, 6.07) is 17.3. The molecule has 0 saturated heterocycles. The van der Waals surface area contributed by atoms with Crippen LogP contribution in [0.2, 0.25) is 0 Å². The van der Waals surface area contributed by atoms with E-state index in [1.807, 2.05) is 55.5 Å². The van der Waals surface area contributed by atoms with Gasteiger partial charge in [0.05, 0.1) is 0 Å². The molecule has 2 atom stereocenters. The maximum Gasteiger partial charge on any atom is 0.411 e. The highest BCUT2D eigenvalue weighted by Crippen LogP contribution is 2.29. The number of carbonyl (C=O) groups excluding carboxylic acids is 1. The second-order valence-electron chi connectivity index (χ2n) is 5.69. The number of carbonyl (C=O) groups is 1. The molecule has 0 saturated carbocycles. The highest BCUT2D eigenvalue weighted by Gasteiger charge is 2.22. The summed E-state index contributed by atoms with van der Waals surface area (Å²) in [7, 11) is 0. The van der Waals surface area contributed by atoms with Crippen LogP contribution in [0.4, 0.5) is 10.5 Å². The van der Waals surface area contributed by atoms with Crippen molar-refractivity contribution in [2.45, 2.75) is 22.7 Å². The minimum atomic E-state index is -1.65. The molecule has 0 aliphatic carbocycles.